The highest BCUT2D eigenvalue weighted by Crippen LogP contribution is 2.33. The van der Waals surface area contributed by atoms with Crippen molar-refractivity contribution in [3.8, 4) is 0 Å². The first kappa shape index (κ1) is 13.7. The van der Waals surface area contributed by atoms with Gasteiger partial charge in [0.05, 0.1) is 0 Å². The van der Waals surface area contributed by atoms with Crippen molar-refractivity contribution in [1.82, 2.24) is 0 Å². The van der Waals surface area contributed by atoms with Crippen LogP contribution in [-0.4, -0.2) is 5.78 Å². The lowest BCUT2D eigenvalue weighted by Crippen LogP contribution is -2.05. The van der Waals surface area contributed by atoms with Crippen LogP contribution in [0.1, 0.15) is 40.5 Å². The molecule has 1 heteroatoms. The van der Waals surface area contributed by atoms with E-state index in [-0.39, 0.29) is 0 Å². The summed E-state index contributed by atoms with van der Waals surface area (Å²) in [6.45, 7) is 8.07. The van der Waals surface area contributed by atoms with Crippen LogP contribution in [0.5, 0.6) is 0 Å². The summed E-state index contributed by atoms with van der Waals surface area (Å²) in [5, 5.41) is 0. The van der Waals surface area contributed by atoms with Crippen LogP contribution in [0.4, 0.5) is 0 Å². The van der Waals surface area contributed by atoms with Crippen molar-refractivity contribution in [3.05, 3.63) is 47.1 Å². The van der Waals surface area contributed by atoms with E-state index in [0.717, 1.165) is 24.0 Å². The molecule has 0 amide bonds. The second-order valence-corrected chi connectivity index (χ2v) is 4.82. The molecule has 0 N–H and O–H groups in total. The molecule has 1 rings (SSSR count). The van der Waals surface area contributed by atoms with Crippen LogP contribution in [0.25, 0.3) is 0 Å². The molecule has 1 saturated carbocycles. The number of allylic oxidation sites excluding steroid dienone is 8. The maximum atomic E-state index is 12.0. The van der Waals surface area contributed by atoms with E-state index in [9.17, 15) is 4.79 Å². The Kier molecular flexibility index (Phi) is 5.14. The number of hydrogen-bond acceptors (Lipinski definition) is 1. The highest BCUT2D eigenvalue weighted by Gasteiger charge is 2.31. The number of carbonyl (C=O) groups excluding carboxylic acids is 1. The second kappa shape index (κ2) is 6.39. The summed E-state index contributed by atoms with van der Waals surface area (Å²) in [4.78, 5) is 12.0. The zero-order valence-electron chi connectivity index (χ0n) is 11.3. The molecule has 1 fully saturated rings. The average Bonchev–Trinajstić information content (AvgIpc) is 3.08. The third kappa shape index (κ3) is 4.56. The lowest BCUT2D eigenvalue weighted by atomic mass is 9.99. The van der Waals surface area contributed by atoms with Gasteiger partial charge in [0.1, 0.15) is 0 Å². The van der Waals surface area contributed by atoms with E-state index < -0.39 is 0 Å². The zero-order valence-corrected chi connectivity index (χ0v) is 11.3. The van der Waals surface area contributed by atoms with E-state index in [2.05, 4.69) is 19.9 Å². The molecule has 0 heterocycles. The maximum Gasteiger partial charge on any atom is 0.165 e. The monoisotopic (exact) mass is 230 g/mol. The zero-order chi connectivity index (χ0) is 12.8. The molecule has 0 spiro atoms. The van der Waals surface area contributed by atoms with Crippen LogP contribution in [0.3, 0.4) is 0 Å². The Morgan fingerprint density at radius 2 is 1.65 bits per heavy atom. The van der Waals surface area contributed by atoms with Crippen molar-refractivity contribution in [1.29, 1.82) is 0 Å². The normalized spacial score (nSPS) is 17.4. The Labute approximate surface area is 105 Å². The van der Waals surface area contributed by atoms with Gasteiger partial charge in [0.2, 0.25) is 0 Å². The van der Waals surface area contributed by atoms with E-state index >= 15 is 0 Å². The Hall–Kier alpha value is -1.37. The summed E-state index contributed by atoms with van der Waals surface area (Å²) in [5.41, 5.74) is 3.21. The standard InChI is InChI=1S/C16H22O/c1-5-15(16(17)14-10-11-14)13(4)9-7-6-8-12(2)3/h5-9,14H,10-11H2,1-4H3/b7-6-,13-9+,15-5+. The third-order valence-electron chi connectivity index (χ3n) is 2.81. The van der Waals surface area contributed by atoms with Gasteiger partial charge in [0, 0.05) is 11.5 Å². The molecule has 1 aliphatic carbocycles. The number of rotatable bonds is 5. The van der Waals surface area contributed by atoms with Crippen molar-refractivity contribution in [2.24, 2.45) is 5.92 Å². The van der Waals surface area contributed by atoms with Crippen molar-refractivity contribution < 1.29 is 4.79 Å². The van der Waals surface area contributed by atoms with Gasteiger partial charge in [-0.3, -0.25) is 4.79 Å². The van der Waals surface area contributed by atoms with Crippen LogP contribution in [0.15, 0.2) is 47.1 Å². The quantitative estimate of drug-likeness (QED) is 0.506. The number of Topliss-reactive ketones (excluding diaryl/α,β-unsaturated/α-hetero) is 1. The molecule has 0 aromatic carbocycles. The van der Waals surface area contributed by atoms with Crippen LogP contribution in [0.2, 0.25) is 0 Å². The van der Waals surface area contributed by atoms with E-state index in [1.54, 1.807) is 0 Å². The Morgan fingerprint density at radius 3 is 2.12 bits per heavy atom. The van der Waals surface area contributed by atoms with Gasteiger partial charge in [0.15, 0.2) is 5.78 Å². The first-order valence-corrected chi connectivity index (χ1v) is 6.25. The fourth-order valence-corrected chi connectivity index (χ4v) is 1.67. The topological polar surface area (TPSA) is 17.1 Å². The molecule has 0 atom stereocenters. The van der Waals surface area contributed by atoms with Gasteiger partial charge in [-0.2, -0.15) is 0 Å². The molecule has 0 aromatic heterocycles. The van der Waals surface area contributed by atoms with E-state index in [0.29, 0.717) is 11.7 Å². The number of hydrogen-bond donors (Lipinski definition) is 0. The summed E-state index contributed by atoms with van der Waals surface area (Å²) < 4.78 is 0. The van der Waals surface area contributed by atoms with E-state index in [1.807, 2.05) is 38.2 Å². The second-order valence-electron chi connectivity index (χ2n) is 4.82. The molecule has 0 saturated heterocycles. The minimum Gasteiger partial charge on any atom is -0.294 e. The fraction of sp³-hybridized carbons (Fsp3) is 0.438. The molecular weight excluding hydrogens is 208 g/mol. The SMILES string of the molecule is C\C=C(C(=O)C1CC1)/C(C)=C/C=C\C=C(C)C. The smallest absolute Gasteiger partial charge is 0.165 e. The number of carbonyl (C=O) groups is 1. The number of ketones is 1. The first-order valence-electron chi connectivity index (χ1n) is 6.25. The fourth-order valence-electron chi connectivity index (χ4n) is 1.67. The molecule has 0 aromatic rings. The molecule has 0 radical (unpaired) electrons. The molecule has 0 unspecified atom stereocenters. The Morgan fingerprint density at radius 1 is 1.06 bits per heavy atom. The summed E-state index contributed by atoms with van der Waals surface area (Å²) in [5.74, 6) is 0.614. The van der Waals surface area contributed by atoms with Crippen molar-refractivity contribution in [2.75, 3.05) is 0 Å². The largest absolute Gasteiger partial charge is 0.294 e. The minimum atomic E-state index is 0.298. The summed E-state index contributed by atoms with van der Waals surface area (Å²) in [6, 6.07) is 0. The molecule has 17 heavy (non-hydrogen) atoms. The average molecular weight is 230 g/mol. The third-order valence-corrected chi connectivity index (χ3v) is 2.81. The molecular formula is C16H22O. The van der Waals surface area contributed by atoms with Gasteiger partial charge in [-0.25, -0.2) is 0 Å². The molecule has 1 nitrogen and oxygen atoms in total. The van der Waals surface area contributed by atoms with Crippen LogP contribution in [0, 0.1) is 5.92 Å². The van der Waals surface area contributed by atoms with E-state index in [4.69, 9.17) is 0 Å². The van der Waals surface area contributed by atoms with Crippen molar-refractivity contribution >= 4 is 5.78 Å². The van der Waals surface area contributed by atoms with Crippen LogP contribution in [-0.2, 0) is 4.79 Å². The van der Waals surface area contributed by atoms with Crippen molar-refractivity contribution in [3.63, 3.8) is 0 Å². The highest BCUT2D eigenvalue weighted by atomic mass is 16.1. The van der Waals surface area contributed by atoms with Crippen LogP contribution >= 0.6 is 0 Å². The summed E-state index contributed by atoms with van der Waals surface area (Å²) in [6.07, 6.45) is 12.1. The molecule has 92 valence electrons. The van der Waals surface area contributed by atoms with E-state index in [1.165, 1.54) is 5.57 Å². The maximum absolute atomic E-state index is 12.0. The Balaban J connectivity index is 2.69. The summed E-state index contributed by atoms with van der Waals surface area (Å²) in [7, 11) is 0. The minimum absolute atomic E-state index is 0.298. The molecule has 1 aliphatic rings. The van der Waals surface area contributed by atoms with Gasteiger partial charge < -0.3 is 0 Å². The van der Waals surface area contributed by atoms with Crippen molar-refractivity contribution in [2.45, 2.75) is 40.5 Å². The van der Waals surface area contributed by atoms with Gasteiger partial charge in [0.25, 0.3) is 0 Å². The highest BCUT2D eigenvalue weighted by molar-refractivity contribution is 6.02. The lowest BCUT2D eigenvalue weighted by Gasteiger charge is -2.04. The predicted octanol–water partition coefficient (Wildman–Crippen LogP) is 4.38. The Bertz CT molecular complexity index is 397. The first-order chi connectivity index (χ1) is 8.06. The lowest BCUT2D eigenvalue weighted by molar-refractivity contribution is -0.116. The van der Waals surface area contributed by atoms with Gasteiger partial charge in [-0.1, -0.05) is 36.0 Å². The van der Waals surface area contributed by atoms with Gasteiger partial charge in [-0.05, 0) is 46.1 Å². The van der Waals surface area contributed by atoms with Gasteiger partial charge >= 0.3 is 0 Å². The molecule has 0 aliphatic heterocycles. The van der Waals surface area contributed by atoms with Gasteiger partial charge in [-0.15, -0.1) is 0 Å². The predicted molar refractivity (Wildman–Crippen MR) is 73.8 cm³/mol. The van der Waals surface area contributed by atoms with Crippen LogP contribution < -0.4 is 0 Å². The summed E-state index contributed by atoms with van der Waals surface area (Å²) >= 11 is 0. The molecule has 0 bridgehead atoms.